The maximum Gasteiger partial charge on any atom is 0.241 e. The van der Waals surface area contributed by atoms with E-state index in [2.05, 4.69) is 5.43 Å². The topological polar surface area (TPSA) is 58.4 Å². The molecule has 0 saturated carbocycles. The number of hydrogen-bond donors (Lipinski definition) is 2. The number of benzene rings is 1. The Kier molecular flexibility index (Phi) is 3.27. The molecule has 0 radical (unpaired) electrons. The van der Waals surface area contributed by atoms with Crippen LogP contribution >= 0.6 is 0 Å². The van der Waals surface area contributed by atoms with Crippen molar-refractivity contribution in [3.63, 3.8) is 0 Å². The summed E-state index contributed by atoms with van der Waals surface area (Å²) in [4.78, 5) is 11.7. The Labute approximate surface area is 98.9 Å². The highest BCUT2D eigenvalue weighted by Gasteiger charge is 2.16. The number of carbonyl (C=O) groups excluding carboxylic acids is 1. The Morgan fingerprint density at radius 2 is 2.12 bits per heavy atom. The van der Waals surface area contributed by atoms with Gasteiger partial charge in [0.25, 0.3) is 0 Å². The normalized spacial score (nSPS) is 14.4. The second-order valence-corrected chi connectivity index (χ2v) is 3.90. The number of hydrogen-bond acceptors (Lipinski definition) is 3. The molecule has 3 N–H and O–H groups in total. The number of amides is 1. The molecule has 0 aliphatic carbocycles. The molecule has 1 aliphatic heterocycles. The molecule has 0 bridgehead atoms. The highest BCUT2D eigenvalue weighted by atomic mass is 19.1. The van der Waals surface area contributed by atoms with E-state index in [0.29, 0.717) is 25.2 Å². The molecule has 17 heavy (non-hydrogen) atoms. The van der Waals surface area contributed by atoms with Crippen LogP contribution in [0.25, 0.3) is 0 Å². The van der Waals surface area contributed by atoms with Crippen molar-refractivity contribution in [1.29, 1.82) is 0 Å². The monoisotopic (exact) mass is 235 g/mol. The first-order valence-electron chi connectivity index (χ1n) is 5.42. The summed E-state index contributed by atoms with van der Waals surface area (Å²) in [6.07, 6.45) is 2.72. The zero-order valence-corrected chi connectivity index (χ0v) is 9.32. The van der Waals surface area contributed by atoms with Gasteiger partial charge in [-0.05, 0) is 30.2 Å². The summed E-state index contributed by atoms with van der Waals surface area (Å²) in [5.41, 5.74) is 9.21. The molecule has 0 spiro atoms. The van der Waals surface area contributed by atoms with E-state index in [4.69, 9.17) is 5.73 Å². The molecule has 0 fully saturated rings. The SMILES string of the molecule is NC1=CCN(C(=O)CCc2ccc(F)cc2)N1. The first kappa shape index (κ1) is 11.4. The van der Waals surface area contributed by atoms with Crippen LogP contribution in [0.1, 0.15) is 12.0 Å². The third kappa shape index (κ3) is 2.96. The quantitative estimate of drug-likeness (QED) is 0.818. The molecule has 4 nitrogen and oxygen atoms in total. The van der Waals surface area contributed by atoms with Gasteiger partial charge >= 0.3 is 0 Å². The van der Waals surface area contributed by atoms with E-state index in [-0.39, 0.29) is 11.7 Å². The number of halogens is 1. The number of nitrogens with one attached hydrogen (secondary N) is 1. The van der Waals surface area contributed by atoms with E-state index in [1.807, 2.05) is 0 Å². The summed E-state index contributed by atoms with van der Waals surface area (Å²) < 4.78 is 12.7. The predicted octanol–water partition coefficient (Wildman–Crippen LogP) is 0.905. The molecular formula is C12H14FN3O. The number of nitrogens with two attached hydrogens (primary N) is 1. The molecule has 1 aliphatic rings. The number of aryl methyl sites for hydroxylation is 1. The average molecular weight is 235 g/mol. The lowest BCUT2D eigenvalue weighted by Crippen LogP contribution is -2.39. The van der Waals surface area contributed by atoms with Crippen molar-refractivity contribution < 1.29 is 9.18 Å². The van der Waals surface area contributed by atoms with Crippen molar-refractivity contribution in [2.45, 2.75) is 12.8 Å². The van der Waals surface area contributed by atoms with Gasteiger partial charge in [0.2, 0.25) is 5.91 Å². The summed E-state index contributed by atoms with van der Waals surface area (Å²) in [7, 11) is 0. The molecule has 0 unspecified atom stereocenters. The van der Waals surface area contributed by atoms with Crippen LogP contribution in [0.2, 0.25) is 0 Å². The van der Waals surface area contributed by atoms with Gasteiger partial charge in [0.1, 0.15) is 11.6 Å². The number of nitrogens with zero attached hydrogens (tertiary/aromatic N) is 1. The van der Waals surface area contributed by atoms with Crippen LogP contribution in [0.15, 0.2) is 36.2 Å². The Hall–Kier alpha value is -2.04. The minimum absolute atomic E-state index is 0.0222. The van der Waals surface area contributed by atoms with Crippen LogP contribution in [-0.4, -0.2) is 17.5 Å². The van der Waals surface area contributed by atoms with Crippen LogP contribution in [0.3, 0.4) is 0 Å². The highest BCUT2D eigenvalue weighted by Crippen LogP contribution is 2.07. The molecule has 0 aromatic heterocycles. The molecule has 90 valence electrons. The van der Waals surface area contributed by atoms with Gasteiger partial charge in [0.15, 0.2) is 0 Å². The van der Waals surface area contributed by atoms with Crippen molar-refractivity contribution >= 4 is 5.91 Å². The smallest absolute Gasteiger partial charge is 0.241 e. The third-order valence-corrected chi connectivity index (χ3v) is 2.60. The Bertz CT molecular complexity index is 442. The lowest BCUT2D eigenvalue weighted by Gasteiger charge is -2.16. The van der Waals surface area contributed by atoms with E-state index in [0.717, 1.165) is 5.56 Å². The maximum atomic E-state index is 12.7. The fourth-order valence-electron chi connectivity index (χ4n) is 1.64. The Morgan fingerprint density at radius 3 is 2.71 bits per heavy atom. The van der Waals surface area contributed by atoms with E-state index in [1.165, 1.54) is 17.1 Å². The number of rotatable bonds is 3. The lowest BCUT2D eigenvalue weighted by molar-refractivity contribution is -0.132. The zero-order chi connectivity index (χ0) is 12.3. The van der Waals surface area contributed by atoms with Crippen molar-refractivity contribution in [2.24, 2.45) is 5.73 Å². The van der Waals surface area contributed by atoms with Crippen molar-refractivity contribution in [1.82, 2.24) is 10.4 Å². The summed E-state index contributed by atoms with van der Waals surface area (Å²) in [6.45, 7) is 0.494. The molecule has 2 rings (SSSR count). The number of hydrazine groups is 1. The summed E-state index contributed by atoms with van der Waals surface area (Å²) >= 11 is 0. The van der Waals surface area contributed by atoms with Crippen molar-refractivity contribution in [2.75, 3.05) is 6.54 Å². The second-order valence-electron chi connectivity index (χ2n) is 3.90. The largest absolute Gasteiger partial charge is 0.384 e. The molecule has 1 heterocycles. The van der Waals surface area contributed by atoms with Crippen LogP contribution in [0.5, 0.6) is 0 Å². The maximum absolute atomic E-state index is 12.7. The van der Waals surface area contributed by atoms with Gasteiger partial charge < -0.3 is 5.73 Å². The minimum Gasteiger partial charge on any atom is -0.384 e. The molecule has 0 saturated heterocycles. The number of carbonyl (C=O) groups is 1. The second kappa shape index (κ2) is 4.86. The van der Waals surface area contributed by atoms with Gasteiger partial charge in [-0.2, -0.15) is 0 Å². The fourth-order valence-corrected chi connectivity index (χ4v) is 1.64. The molecule has 1 amide bonds. The van der Waals surface area contributed by atoms with E-state index in [9.17, 15) is 9.18 Å². The summed E-state index contributed by atoms with van der Waals surface area (Å²) in [6, 6.07) is 6.17. The van der Waals surface area contributed by atoms with Crippen LogP contribution in [0.4, 0.5) is 4.39 Å². The van der Waals surface area contributed by atoms with Gasteiger partial charge in [0, 0.05) is 6.42 Å². The minimum atomic E-state index is -0.266. The van der Waals surface area contributed by atoms with Gasteiger partial charge in [-0.25, -0.2) is 4.39 Å². The summed E-state index contributed by atoms with van der Waals surface area (Å²) in [5.74, 6) is 0.212. The standard InChI is InChI=1S/C12H14FN3O/c13-10-4-1-9(2-5-10)3-6-12(17)16-8-7-11(14)15-16/h1-2,4-5,7,15H,3,6,8,14H2. The van der Waals surface area contributed by atoms with Gasteiger partial charge in [-0.3, -0.25) is 15.2 Å². The first-order valence-corrected chi connectivity index (χ1v) is 5.42. The highest BCUT2D eigenvalue weighted by molar-refractivity contribution is 5.76. The van der Waals surface area contributed by atoms with Crippen LogP contribution in [-0.2, 0) is 11.2 Å². The molecule has 1 aromatic rings. The van der Waals surface area contributed by atoms with Crippen molar-refractivity contribution in [3.05, 3.63) is 47.5 Å². The zero-order valence-electron chi connectivity index (χ0n) is 9.32. The van der Waals surface area contributed by atoms with Gasteiger partial charge in [-0.1, -0.05) is 12.1 Å². The van der Waals surface area contributed by atoms with Crippen LogP contribution in [0, 0.1) is 5.82 Å². The van der Waals surface area contributed by atoms with E-state index >= 15 is 0 Å². The molecular weight excluding hydrogens is 221 g/mol. The van der Waals surface area contributed by atoms with E-state index < -0.39 is 0 Å². The lowest BCUT2D eigenvalue weighted by atomic mass is 10.1. The molecule has 1 aromatic carbocycles. The van der Waals surface area contributed by atoms with E-state index in [1.54, 1.807) is 18.2 Å². The molecule has 5 heteroatoms. The Morgan fingerprint density at radius 1 is 1.41 bits per heavy atom. The Balaban J connectivity index is 1.82. The first-order chi connectivity index (χ1) is 8.15. The fraction of sp³-hybridized carbons (Fsp3) is 0.250. The van der Waals surface area contributed by atoms with Crippen LogP contribution < -0.4 is 11.2 Å². The van der Waals surface area contributed by atoms with Crippen molar-refractivity contribution in [3.8, 4) is 0 Å². The summed E-state index contributed by atoms with van der Waals surface area (Å²) in [5, 5.41) is 1.47. The van der Waals surface area contributed by atoms with Gasteiger partial charge in [0.05, 0.1) is 6.54 Å². The van der Waals surface area contributed by atoms with Gasteiger partial charge in [-0.15, -0.1) is 0 Å². The third-order valence-electron chi connectivity index (χ3n) is 2.60. The average Bonchev–Trinajstić information content (AvgIpc) is 2.75. The molecule has 0 atom stereocenters. The predicted molar refractivity (Wildman–Crippen MR) is 61.8 cm³/mol.